The van der Waals surface area contributed by atoms with E-state index in [1.807, 2.05) is 30.3 Å². The second-order valence-corrected chi connectivity index (χ2v) is 6.81. The Morgan fingerprint density at radius 2 is 1.88 bits per heavy atom. The van der Waals surface area contributed by atoms with Crippen molar-refractivity contribution in [2.75, 3.05) is 0 Å². The van der Waals surface area contributed by atoms with Gasteiger partial charge in [-0.15, -0.1) is 0 Å². The zero-order chi connectivity index (χ0) is 17.6. The number of hydrogen-bond acceptors (Lipinski definition) is 2. The summed E-state index contributed by atoms with van der Waals surface area (Å²) in [6.07, 6.45) is 1.57. The van der Waals surface area contributed by atoms with Crippen LogP contribution in [-0.4, -0.2) is 21.6 Å². The SMILES string of the molecule is O=C(O)C1CCc2c(n(C(=O)c3ccccc3)c3ccc(Cl)cc23)C1. The van der Waals surface area contributed by atoms with Gasteiger partial charge in [-0.2, -0.15) is 0 Å². The minimum absolute atomic E-state index is 0.139. The van der Waals surface area contributed by atoms with Crippen LogP contribution in [0, 0.1) is 5.92 Å². The molecule has 0 amide bonds. The molecule has 2 aromatic carbocycles. The molecule has 0 radical (unpaired) electrons. The van der Waals surface area contributed by atoms with E-state index in [-0.39, 0.29) is 5.91 Å². The van der Waals surface area contributed by atoms with Crippen LogP contribution in [0.1, 0.15) is 28.0 Å². The van der Waals surface area contributed by atoms with Crippen LogP contribution in [0.2, 0.25) is 5.02 Å². The van der Waals surface area contributed by atoms with Crippen molar-refractivity contribution >= 4 is 34.4 Å². The summed E-state index contributed by atoms with van der Waals surface area (Å²) in [7, 11) is 0. The Morgan fingerprint density at radius 3 is 2.60 bits per heavy atom. The van der Waals surface area contributed by atoms with Gasteiger partial charge in [-0.05, 0) is 48.7 Å². The van der Waals surface area contributed by atoms with Crippen molar-refractivity contribution in [2.24, 2.45) is 5.92 Å². The van der Waals surface area contributed by atoms with E-state index in [1.54, 1.807) is 22.8 Å². The molecular weight excluding hydrogens is 338 g/mol. The summed E-state index contributed by atoms with van der Waals surface area (Å²) in [6.45, 7) is 0. The number of halogens is 1. The Bertz CT molecular complexity index is 991. The minimum Gasteiger partial charge on any atom is -0.481 e. The molecule has 25 heavy (non-hydrogen) atoms. The fourth-order valence-corrected chi connectivity index (χ4v) is 3.85. The van der Waals surface area contributed by atoms with Crippen LogP contribution in [0.5, 0.6) is 0 Å². The summed E-state index contributed by atoms with van der Waals surface area (Å²) in [5.41, 5.74) is 3.20. The number of carbonyl (C=O) groups excluding carboxylic acids is 1. The molecular formula is C20H16ClNO3. The van der Waals surface area contributed by atoms with Gasteiger partial charge in [-0.1, -0.05) is 29.8 Å². The Labute approximate surface area is 149 Å². The Morgan fingerprint density at radius 1 is 1.12 bits per heavy atom. The second-order valence-electron chi connectivity index (χ2n) is 6.37. The molecule has 3 aromatic rings. The summed E-state index contributed by atoms with van der Waals surface area (Å²) in [6, 6.07) is 14.5. The van der Waals surface area contributed by atoms with Crippen LogP contribution < -0.4 is 0 Å². The van der Waals surface area contributed by atoms with E-state index in [2.05, 4.69) is 0 Å². The third-order valence-electron chi connectivity index (χ3n) is 4.90. The highest BCUT2D eigenvalue weighted by Gasteiger charge is 2.31. The Balaban J connectivity index is 1.95. The number of aryl methyl sites for hydroxylation is 1. The van der Waals surface area contributed by atoms with E-state index in [9.17, 15) is 14.7 Å². The summed E-state index contributed by atoms with van der Waals surface area (Å²) in [5.74, 6) is -1.41. The van der Waals surface area contributed by atoms with Crippen molar-refractivity contribution in [1.29, 1.82) is 0 Å². The molecule has 1 unspecified atom stereocenters. The maximum Gasteiger partial charge on any atom is 0.306 e. The number of benzene rings is 2. The molecule has 1 heterocycles. The van der Waals surface area contributed by atoms with Gasteiger partial charge in [0.25, 0.3) is 5.91 Å². The quantitative estimate of drug-likeness (QED) is 0.752. The van der Waals surface area contributed by atoms with Crippen LogP contribution in [0.25, 0.3) is 10.9 Å². The fourth-order valence-electron chi connectivity index (χ4n) is 3.68. The van der Waals surface area contributed by atoms with Gasteiger partial charge in [0, 0.05) is 28.1 Å². The lowest BCUT2D eigenvalue weighted by atomic mass is 9.87. The second kappa shape index (κ2) is 6.05. The lowest BCUT2D eigenvalue weighted by Crippen LogP contribution is -2.25. The number of hydrogen-bond donors (Lipinski definition) is 1. The highest BCUT2D eigenvalue weighted by Crippen LogP contribution is 2.36. The van der Waals surface area contributed by atoms with Crippen LogP contribution in [0.4, 0.5) is 0 Å². The molecule has 1 atom stereocenters. The first-order chi connectivity index (χ1) is 12.1. The molecule has 0 spiro atoms. The van der Waals surface area contributed by atoms with Gasteiger partial charge < -0.3 is 5.11 Å². The van der Waals surface area contributed by atoms with Crippen LogP contribution in [0.3, 0.4) is 0 Å². The predicted molar refractivity (Wildman–Crippen MR) is 96.3 cm³/mol. The molecule has 0 aliphatic heterocycles. The molecule has 1 aromatic heterocycles. The van der Waals surface area contributed by atoms with Gasteiger partial charge in [-0.25, -0.2) is 0 Å². The monoisotopic (exact) mass is 353 g/mol. The highest BCUT2D eigenvalue weighted by atomic mass is 35.5. The van der Waals surface area contributed by atoms with Gasteiger partial charge >= 0.3 is 5.97 Å². The average Bonchev–Trinajstić information content (AvgIpc) is 2.94. The van der Waals surface area contributed by atoms with Crippen molar-refractivity contribution in [1.82, 2.24) is 4.57 Å². The molecule has 5 heteroatoms. The maximum absolute atomic E-state index is 13.1. The number of nitrogens with zero attached hydrogens (tertiary/aromatic N) is 1. The smallest absolute Gasteiger partial charge is 0.306 e. The van der Waals surface area contributed by atoms with E-state index in [0.717, 1.165) is 22.2 Å². The Hall–Kier alpha value is -2.59. The molecule has 0 saturated carbocycles. The summed E-state index contributed by atoms with van der Waals surface area (Å²) >= 11 is 6.16. The summed E-state index contributed by atoms with van der Waals surface area (Å²) in [5, 5.41) is 11.0. The first-order valence-corrected chi connectivity index (χ1v) is 8.58. The standard InChI is InChI=1S/C20H16ClNO3/c21-14-7-9-17-16(11-14)15-8-6-13(20(24)25)10-18(15)22(17)19(23)12-4-2-1-3-5-12/h1-5,7,9,11,13H,6,8,10H2,(H,24,25). The van der Waals surface area contributed by atoms with Gasteiger partial charge in [0.15, 0.2) is 0 Å². The van der Waals surface area contributed by atoms with Crippen LogP contribution in [-0.2, 0) is 17.6 Å². The predicted octanol–water partition coefficient (Wildman–Crippen LogP) is 4.17. The van der Waals surface area contributed by atoms with Gasteiger partial charge in [0.05, 0.1) is 11.4 Å². The average molecular weight is 354 g/mol. The third kappa shape index (κ3) is 2.63. The number of rotatable bonds is 2. The molecule has 0 bridgehead atoms. The van der Waals surface area contributed by atoms with E-state index in [0.29, 0.717) is 29.8 Å². The lowest BCUT2D eigenvalue weighted by molar-refractivity contribution is -0.142. The van der Waals surface area contributed by atoms with E-state index < -0.39 is 11.9 Å². The highest BCUT2D eigenvalue weighted by molar-refractivity contribution is 6.31. The first kappa shape index (κ1) is 15.9. The molecule has 126 valence electrons. The molecule has 0 saturated heterocycles. The first-order valence-electron chi connectivity index (χ1n) is 8.20. The number of fused-ring (bicyclic) bond motifs is 3. The van der Waals surface area contributed by atoms with E-state index in [1.165, 1.54) is 0 Å². The van der Waals surface area contributed by atoms with Crippen molar-refractivity contribution in [3.63, 3.8) is 0 Å². The van der Waals surface area contributed by atoms with Crippen molar-refractivity contribution in [2.45, 2.75) is 19.3 Å². The van der Waals surface area contributed by atoms with Gasteiger partial charge in [-0.3, -0.25) is 14.2 Å². The van der Waals surface area contributed by atoms with E-state index >= 15 is 0 Å². The van der Waals surface area contributed by atoms with Crippen LogP contribution >= 0.6 is 11.6 Å². The van der Waals surface area contributed by atoms with E-state index in [4.69, 9.17) is 11.6 Å². The number of carbonyl (C=O) groups is 2. The number of carboxylic acids is 1. The zero-order valence-electron chi connectivity index (χ0n) is 13.4. The fraction of sp³-hybridized carbons (Fsp3) is 0.200. The molecule has 1 aliphatic carbocycles. The topological polar surface area (TPSA) is 59.3 Å². The molecule has 4 rings (SSSR count). The zero-order valence-corrected chi connectivity index (χ0v) is 14.2. The summed E-state index contributed by atoms with van der Waals surface area (Å²) < 4.78 is 1.67. The van der Waals surface area contributed by atoms with Crippen molar-refractivity contribution in [3.8, 4) is 0 Å². The number of aromatic nitrogens is 1. The van der Waals surface area contributed by atoms with Crippen molar-refractivity contribution in [3.05, 3.63) is 70.4 Å². The number of carboxylic acid groups (broad SMARTS) is 1. The molecule has 4 nitrogen and oxygen atoms in total. The maximum atomic E-state index is 13.1. The third-order valence-corrected chi connectivity index (χ3v) is 5.13. The van der Waals surface area contributed by atoms with Crippen molar-refractivity contribution < 1.29 is 14.7 Å². The molecule has 0 fully saturated rings. The minimum atomic E-state index is -0.812. The largest absolute Gasteiger partial charge is 0.481 e. The molecule has 1 N–H and O–H groups in total. The Kier molecular flexibility index (Phi) is 3.85. The molecule has 1 aliphatic rings. The lowest BCUT2D eigenvalue weighted by Gasteiger charge is -2.21. The number of aliphatic carboxylic acids is 1. The van der Waals surface area contributed by atoms with Gasteiger partial charge in [0.2, 0.25) is 0 Å². The normalized spacial score (nSPS) is 16.6. The van der Waals surface area contributed by atoms with Crippen LogP contribution in [0.15, 0.2) is 48.5 Å². The van der Waals surface area contributed by atoms with Gasteiger partial charge in [0.1, 0.15) is 0 Å². The summed E-state index contributed by atoms with van der Waals surface area (Å²) in [4.78, 5) is 24.6.